The van der Waals surface area contributed by atoms with E-state index in [-0.39, 0.29) is 11.5 Å². The van der Waals surface area contributed by atoms with Crippen LogP contribution in [0, 0.1) is 11.8 Å². The predicted molar refractivity (Wildman–Crippen MR) is 64.3 cm³/mol. The van der Waals surface area contributed by atoms with Gasteiger partial charge < -0.3 is 4.74 Å². The lowest BCUT2D eigenvalue weighted by Crippen LogP contribution is -2.15. The molecule has 0 bridgehead atoms. The Morgan fingerprint density at radius 2 is 1.94 bits per heavy atom. The highest BCUT2D eigenvalue weighted by Crippen LogP contribution is 2.19. The molecule has 16 heavy (non-hydrogen) atoms. The van der Waals surface area contributed by atoms with Crippen LogP contribution in [0.5, 0.6) is 5.88 Å². The predicted octanol–water partition coefficient (Wildman–Crippen LogP) is 2.56. The number of nitrogens with zero attached hydrogens (tertiary/aromatic N) is 2. The van der Waals surface area contributed by atoms with Crippen LogP contribution in [-0.4, -0.2) is 16.1 Å². The number of hydrogen-bond donors (Lipinski definition) is 0. The molecule has 0 amide bonds. The van der Waals surface area contributed by atoms with E-state index in [0.29, 0.717) is 5.88 Å². The molecule has 1 heterocycles. The van der Waals surface area contributed by atoms with Crippen molar-refractivity contribution in [3.8, 4) is 17.7 Å². The Morgan fingerprint density at radius 3 is 2.38 bits per heavy atom. The lowest BCUT2D eigenvalue weighted by molar-refractivity contribution is 0.266. The third kappa shape index (κ3) is 3.54. The van der Waals surface area contributed by atoms with Crippen molar-refractivity contribution >= 4 is 0 Å². The van der Waals surface area contributed by atoms with E-state index in [1.807, 2.05) is 6.92 Å². The molecule has 3 nitrogen and oxygen atoms in total. The Balaban J connectivity index is 2.75. The summed E-state index contributed by atoms with van der Waals surface area (Å²) in [7, 11) is 0. The molecule has 0 fully saturated rings. The number of hydrogen-bond acceptors (Lipinski definition) is 3. The summed E-state index contributed by atoms with van der Waals surface area (Å²) in [5.74, 6) is 6.22. The molecule has 0 saturated carbocycles. The van der Waals surface area contributed by atoms with Crippen LogP contribution >= 0.6 is 0 Å². The van der Waals surface area contributed by atoms with Gasteiger partial charge in [-0.2, -0.15) is 0 Å². The molecule has 0 aliphatic carbocycles. The SMILES string of the molecule is CC#C[C@@H](C)Oc1cnc(C(C)(C)C)cn1. The van der Waals surface area contributed by atoms with Crippen molar-refractivity contribution < 1.29 is 4.74 Å². The molecule has 86 valence electrons. The van der Waals surface area contributed by atoms with E-state index in [9.17, 15) is 0 Å². The van der Waals surface area contributed by atoms with E-state index < -0.39 is 0 Å². The molecule has 1 aromatic heterocycles. The molecule has 0 radical (unpaired) electrons. The first-order valence-electron chi connectivity index (χ1n) is 5.35. The van der Waals surface area contributed by atoms with E-state index >= 15 is 0 Å². The van der Waals surface area contributed by atoms with Crippen molar-refractivity contribution in [1.29, 1.82) is 0 Å². The van der Waals surface area contributed by atoms with Crippen molar-refractivity contribution in [1.82, 2.24) is 9.97 Å². The topological polar surface area (TPSA) is 35.0 Å². The summed E-state index contributed by atoms with van der Waals surface area (Å²) in [4.78, 5) is 8.54. The van der Waals surface area contributed by atoms with Gasteiger partial charge in [0.15, 0.2) is 6.10 Å². The normalized spacial score (nSPS) is 12.6. The molecule has 0 aromatic carbocycles. The van der Waals surface area contributed by atoms with Gasteiger partial charge in [-0.05, 0) is 13.8 Å². The summed E-state index contributed by atoms with van der Waals surface area (Å²) in [5, 5.41) is 0. The molecule has 0 aliphatic rings. The van der Waals surface area contributed by atoms with Gasteiger partial charge in [0.2, 0.25) is 5.88 Å². The fourth-order valence-corrected chi connectivity index (χ4v) is 1.18. The van der Waals surface area contributed by atoms with Gasteiger partial charge in [0.05, 0.1) is 18.1 Å². The molecule has 0 unspecified atom stereocenters. The molecule has 0 spiro atoms. The fourth-order valence-electron chi connectivity index (χ4n) is 1.18. The first-order valence-corrected chi connectivity index (χ1v) is 5.35. The Morgan fingerprint density at radius 1 is 1.25 bits per heavy atom. The van der Waals surface area contributed by atoms with Crippen LogP contribution in [0.3, 0.4) is 0 Å². The summed E-state index contributed by atoms with van der Waals surface area (Å²) >= 11 is 0. The monoisotopic (exact) mass is 218 g/mol. The molecule has 3 heteroatoms. The van der Waals surface area contributed by atoms with E-state index in [1.165, 1.54) is 0 Å². The van der Waals surface area contributed by atoms with Gasteiger partial charge >= 0.3 is 0 Å². The zero-order valence-electron chi connectivity index (χ0n) is 10.5. The molecule has 1 aromatic rings. The van der Waals surface area contributed by atoms with Crippen LogP contribution in [0.2, 0.25) is 0 Å². The van der Waals surface area contributed by atoms with Crippen LogP contribution in [-0.2, 0) is 5.41 Å². The third-order valence-corrected chi connectivity index (χ3v) is 2.04. The Hall–Kier alpha value is -1.56. The maximum atomic E-state index is 5.48. The number of aromatic nitrogens is 2. The Kier molecular flexibility index (Phi) is 3.89. The van der Waals surface area contributed by atoms with E-state index in [4.69, 9.17) is 4.74 Å². The first-order chi connectivity index (χ1) is 7.43. The Labute approximate surface area is 97.3 Å². The standard InChI is InChI=1S/C13H18N2O/c1-6-7-10(2)16-12-9-14-11(8-15-12)13(3,4)5/h8-10H,1-5H3/t10-/m1/s1. The molecule has 1 atom stereocenters. The van der Waals surface area contributed by atoms with Gasteiger partial charge in [-0.1, -0.05) is 26.7 Å². The van der Waals surface area contributed by atoms with Crippen molar-refractivity contribution in [2.75, 3.05) is 0 Å². The summed E-state index contributed by atoms with van der Waals surface area (Å²) in [6.07, 6.45) is 3.25. The van der Waals surface area contributed by atoms with Gasteiger partial charge in [-0.3, -0.25) is 4.98 Å². The molecule has 1 rings (SSSR count). The largest absolute Gasteiger partial charge is 0.460 e. The average Bonchev–Trinajstić information content (AvgIpc) is 2.17. The highest BCUT2D eigenvalue weighted by Gasteiger charge is 2.15. The quantitative estimate of drug-likeness (QED) is 0.716. The maximum absolute atomic E-state index is 5.48. The summed E-state index contributed by atoms with van der Waals surface area (Å²) in [6, 6.07) is 0. The average molecular weight is 218 g/mol. The van der Waals surface area contributed by atoms with E-state index in [1.54, 1.807) is 19.3 Å². The zero-order chi connectivity index (χ0) is 12.2. The van der Waals surface area contributed by atoms with Crippen LogP contribution in [0.1, 0.15) is 40.3 Å². The minimum absolute atomic E-state index is 0.0143. The second-order valence-electron chi connectivity index (χ2n) is 4.64. The fraction of sp³-hybridized carbons (Fsp3) is 0.538. The van der Waals surface area contributed by atoms with Crippen LogP contribution in [0.4, 0.5) is 0 Å². The van der Waals surface area contributed by atoms with Gasteiger partial charge in [0, 0.05) is 5.41 Å². The van der Waals surface area contributed by atoms with Gasteiger partial charge in [0.25, 0.3) is 0 Å². The van der Waals surface area contributed by atoms with Gasteiger partial charge in [-0.25, -0.2) is 4.98 Å². The summed E-state index contributed by atoms with van der Waals surface area (Å²) in [5.41, 5.74) is 0.967. The van der Waals surface area contributed by atoms with Crippen LogP contribution < -0.4 is 4.74 Å². The van der Waals surface area contributed by atoms with Crippen molar-refractivity contribution in [2.45, 2.75) is 46.1 Å². The summed E-state index contributed by atoms with van der Waals surface area (Å²) in [6.45, 7) is 9.97. The lowest BCUT2D eigenvalue weighted by atomic mass is 9.93. The van der Waals surface area contributed by atoms with E-state index in [2.05, 4.69) is 42.6 Å². The summed E-state index contributed by atoms with van der Waals surface area (Å²) < 4.78 is 5.48. The highest BCUT2D eigenvalue weighted by molar-refractivity contribution is 5.15. The minimum atomic E-state index is -0.153. The Bertz CT molecular complexity index is 393. The smallest absolute Gasteiger partial charge is 0.233 e. The molecular formula is C13H18N2O. The van der Waals surface area contributed by atoms with Gasteiger partial charge in [-0.15, -0.1) is 5.92 Å². The van der Waals surface area contributed by atoms with Crippen molar-refractivity contribution in [3.05, 3.63) is 18.1 Å². The van der Waals surface area contributed by atoms with Crippen molar-refractivity contribution in [2.24, 2.45) is 0 Å². The second-order valence-corrected chi connectivity index (χ2v) is 4.64. The lowest BCUT2D eigenvalue weighted by Gasteiger charge is -2.17. The van der Waals surface area contributed by atoms with Crippen LogP contribution in [0.15, 0.2) is 12.4 Å². The van der Waals surface area contributed by atoms with Gasteiger partial charge in [0.1, 0.15) is 0 Å². The molecule has 0 N–H and O–H groups in total. The molecule has 0 saturated heterocycles. The zero-order valence-corrected chi connectivity index (χ0v) is 10.5. The third-order valence-electron chi connectivity index (χ3n) is 2.04. The van der Waals surface area contributed by atoms with E-state index in [0.717, 1.165) is 5.69 Å². The maximum Gasteiger partial charge on any atom is 0.233 e. The first kappa shape index (κ1) is 12.5. The number of ether oxygens (including phenoxy) is 1. The number of rotatable bonds is 2. The molecule has 0 aliphatic heterocycles. The molecular weight excluding hydrogens is 200 g/mol. The van der Waals surface area contributed by atoms with Crippen LogP contribution in [0.25, 0.3) is 0 Å². The minimum Gasteiger partial charge on any atom is -0.460 e. The highest BCUT2D eigenvalue weighted by atomic mass is 16.5. The second kappa shape index (κ2) is 4.98. The van der Waals surface area contributed by atoms with Crippen molar-refractivity contribution in [3.63, 3.8) is 0 Å².